The van der Waals surface area contributed by atoms with E-state index in [0.29, 0.717) is 11.8 Å². The predicted molar refractivity (Wildman–Crippen MR) is 152 cm³/mol. The van der Waals surface area contributed by atoms with E-state index in [-0.39, 0.29) is 0 Å². The Morgan fingerprint density at radius 2 is 1.56 bits per heavy atom. The molecule has 36 heavy (non-hydrogen) atoms. The first-order valence-electron chi connectivity index (χ1n) is 13.3. The van der Waals surface area contributed by atoms with Crippen LogP contribution in [0.3, 0.4) is 0 Å². The summed E-state index contributed by atoms with van der Waals surface area (Å²) in [6.45, 7) is 13.6. The molecule has 1 aliphatic rings. The Balaban J connectivity index is 1.75. The molecule has 0 saturated carbocycles. The number of rotatable bonds is 4. The van der Waals surface area contributed by atoms with E-state index >= 15 is 0 Å². The number of aromatic nitrogens is 1. The van der Waals surface area contributed by atoms with Crippen molar-refractivity contribution in [2.45, 2.75) is 54.4 Å². The van der Waals surface area contributed by atoms with E-state index < -0.39 is 0 Å². The van der Waals surface area contributed by atoms with Gasteiger partial charge in [-0.3, -0.25) is 0 Å². The number of benzene rings is 4. The minimum absolute atomic E-state index is 0.534. The van der Waals surface area contributed by atoms with Gasteiger partial charge in [0.15, 0.2) is 6.20 Å². The van der Waals surface area contributed by atoms with Gasteiger partial charge in [-0.25, -0.2) is 4.57 Å². The van der Waals surface area contributed by atoms with Gasteiger partial charge in [-0.2, -0.15) is 0 Å². The summed E-state index contributed by atoms with van der Waals surface area (Å²) in [5.74, 6) is 3.19. The molecule has 1 aromatic heterocycles. The molecule has 0 aliphatic carbocycles. The van der Waals surface area contributed by atoms with Crippen LogP contribution in [0, 0.1) is 25.7 Å². The summed E-state index contributed by atoms with van der Waals surface area (Å²) in [5, 5.41) is 7.73. The summed E-state index contributed by atoms with van der Waals surface area (Å²) in [6, 6.07) is 18.4. The van der Waals surface area contributed by atoms with Crippen LogP contribution < -0.4 is 9.30 Å². The van der Waals surface area contributed by atoms with E-state index in [1.165, 1.54) is 65.8 Å². The molecular formula is C34H36NO+. The van der Waals surface area contributed by atoms with Crippen LogP contribution >= 0.6 is 0 Å². The van der Waals surface area contributed by atoms with Crippen molar-refractivity contribution < 1.29 is 9.30 Å². The van der Waals surface area contributed by atoms with Crippen LogP contribution in [0.25, 0.3) is 43.6 Å². The number of ether oxygens (including phenoxy) is 1. The van der Waals surface area contributed by atoms with Gasteiger partial charge in [0.25, 0.3) is 0 Å². The fourth-order valence-corrected chi connectivity index (χ4v) is 6.21. The van der Waals surface area contributed by atoms with E-state index in [1.807, 2.05) is 0 Å². The number of pyridine rings is 1. The summed E-state index contributed by atoms with van der Waals surface area (Å²) >= 11 is 0. The lowest BCUT2D eigenvalue weighted by molar-refractivity contribution is -0.659. The number of fused-ring (bicyclic) bond motifs is 5. The normalized spacial score (nSPS) is 12.7. The highest BCUT2D eigenvalue weighted by Gasteiger charge is 2.33. The fourth-order valence-electron chi connectivity index (χ4n) is 6.21. The zero-order valence-corrected chi connectivity index (χ0v) is 22.6. The fraction of sp³-hybridized carbons (Fsp3) is 0.324. The third-order valence-corrected chi connectivity index (χ3v) is 7.75. The van der Waals surface area contributed by atoms with E-state index in [1.54, 1.807) is 0 Å². The number of hydrogen-bond donors (Lipinski definition) is 0. The largest absolute Gasteiger partial charge is 0.455 e. The van der Waals surface area contributed by atoms with Crippen molar-refractivity contribution in [2.24, 2.45) is 18.9 Å². The van der Waals surface area contributed by atoms with Crippen LogP contribution in [0.4, 0.5) is 0 Å². The van der Waals surface area contributed by atoms with Gasteiger partial charge in [-0.1, -0.05) is 69.7 Å². The maximum Gasteiger partial charge on any atom is 0.228 e. The van der Waals surface area contributed by atoms with Crippen LogP contribution in [-0.4, -0.2) is 0 Å². The average molecular weight is 475 g/mol. The molecule has 1 aliphatic heterocycles. The molecule has 2 heteroatoms. The van der Waals surface area contributed by atoms with Gasteiger partial charge in [-0.15, -0.1) is 0 Å². The number of nitrogens with zero attached hydrogens (tertiary/aromatic N) is 1. The smallest absolute Gasteiger partial charge is 0.228 e. The average Bonchev–Trinajstić information content (AvgIpc) is 2.82. The summed E-state index contributed by atoms with van der Waals surface area (Å²) in [4.78, 5) is 0. The lowest BCUT2D eigenvalue weighted by Gasteiger charge is -2.26. The standard InChI is InChI=1S/C34H36NO/c1-19(2)14-23-9-10-24-18-30-32-26(28(24)17-23)12-13-35(7)33(32)31-22(6)27-16-21(5)8-11-25(27)29(15-20(3)4)34(31)36-30/h8-13,16-20H,14-15H2,1-7H3/q+1. The molecule has 0 fully saturated rings. The molecule has 2 nitrogen and oxygen atoms in total. The third kappa shape index (κ3) is 3.50. The Bertz CT molecular complexity index is 1690. The molecular weight excluding hydrogens is 438 g/mol. The van der Waals surface area contributed by atoms with Crippen molar-refractivity contribution in [1.29, 1.82) is 0 Å². The molecule has 2 heterocycles. The van der Waals surface area contributed by atoms with Gasteiger partial charge < -0.3 is 4.74 Å². The van der Waals surface area contributed by atoms with Gasteiger partial charge >= 0.3 is 0 Å². The molecule has 182 valence electrons. The minimum Gasteiger partial charge on any atom is -0.455 e. The second-order valence-corrected chi connectivity index (χ2v) is 11.6. The molecule has 0 saturated heterocycles. The van der Waals surface area contributed by atoms with Gasteiger partial charge in [0, 0.05) is 17.0 Å². The van der Waals surface area contributed by atoms with Gasteiger partial charge in [0.1, 0.15) is 18.5 Å². The highest BCUT2D eigenvalue weighted by Crippen LogP contribution is 2.52. The Labute approximate surface area is 214 Å². The zero-order chi connectivity index (χ0) is 25.3. The first kappa shape index (κ1) is 23.0. The Kier molecular flexibility index (Phi) is 5.33. The zero-order valence-electron chi connectivity index (χ0n) is 22.6. The second kappa shape index (κ2) is 8.34. The maximum atomic E-state index is 6.95. The van der Waals surface area contributed by atoms with Crippen molar-refractivity contribution >= 4 is 32.3 Å². The van der Waals surface area contributed by atoms with Crippen molar-refractivity contribution in [3.63, 3.8) is 0 Å². The number of aryl methyl sites for hydroxylation is 3. The topological polar surface area (TPSA) is 13.1 Å². The molecule has 0 unspecified atom stereocenters. The number of hydrogen-bond acceptors (Lipinski definition) is 1. The molecule has 0 radical (unpaired) electrons. The molecule has 0 N–H and O–H groups in total. The summed E-state index contributed by atoms with van der Waals surface area (Å²) < 4.78 is 9.24. The molecule has 0 spiro atoms. The third-order valence-electron chi connectivity index (χ3n) is 7.75. The van der Waals surface area contributed by atoms with E-state index in [2.05, 4.69) is 108 Å². The molecule has 5 aromatic rings. The van der Waals surface area contributed by atoms with Gasteiger partial charge in [0.05, 0.1) is 10.9 Å². The van der Waals surface area contributed by atoms with Crippen LogP contribution in [-0.2, 0) is 19.9 Å². The summed E-state index contributed by atoms with van der Waals surface area (Å²) in [7, 11) is 2.18. The maximum absolute atomic E-state index is 6.95. The molecule has 4 aromatic carbocycles. The lowest BCUT2D eigenvalue weighted by atomic mass is 9.85. The molecule has 0 bridgehead atoms. The summed E-state index contributed by atoms with van der Waals surface area (Å²) in [6.07, 6.45) is 4.31. The van der Waals surface area contributed by atoms with E-state index in [0.717, 1.165) is 24.3 Å². The van der Waals surface area contributed by atoms with E-state index in [4.69, 9.17) is 4.74 Å². The second-order valence-electron chi connectivity index (χ2n) is 11.6. The van der Waals surface area contributed by atoms with Crippen molar-refractivity contribution in [3.05, 3.63) is 77.0 Å². The first-order chi connectivity index (χ1) is 17.2. The van der Waals surface area contributed by atoms with Crippen molar-refractivity contribution in [1.82, 2.24) is 0 Å². The van der Waals surface area contributed by atoms with Crippen LogP contribution in [0.2, 0.25) is 0 Å². The Morgan fingerprint density at radius 3 is 2.31 bits per heavy atom. The monoisotopic (exact) mass is 474 g/mol. The van der Waals surface area contributed by atoms with Crippen LogP contribution in [0.1, 0.15) is 49.9 Å². The van der Waals surface area contributed by atoms with Gasteiger partial charge in [0.2, 0.25) is 5.69 Å². The molecule has 6 rings (SSSR count). The van der Waals surface area contributed by atoms with Crippen LogP contribution in [0.5, 0.6) is 11.5 Å². The Hall–Kier alpha value is -3.39. The highest BCUT2D eigenvalue weighted by molar-refractivity contribution is 6.16. The summed E-state index contributed by atoms with van der Waals surface area (Å²) in [5.41, 5.74) is 7.85. The van der Waals surface area contributed by atoms with Crippen molar-refractivity contribution in [2.75, 3.05) is 0 Å². The SMILES string of the molecule is Cc1ccc2c(CC(C)C)c3c(c(C)c2c1)-c1c2c(cc4ccc(CC(C)C)cc4c2cc[n+]1C)O3. The van der Waals surface area contributed by atoms with Gasteiger partial charge in [-0.05, 0) is 77.3 Å². The molecule has 0 atom stereocenters. The molecule has 0 amide bonds. The van der Waals surface area contributed by atoms with E-state index in [9.17, 15) is 0 Å². The quantitative estimate of drug-likeness (QED) is 0.184. The van der Waals surface area contributed by atoms with Crippen molar-refractivity contribution in [3.8, 4) is 22.8 Å². The first-order valence-corrected chi connectivity index (χ1v) is 13.3. The minimum atomic E-state index is 0.534. The lowest BCUT2D eigenvalue weighted by Crippen LogP contribution is -2.32. The highest BCUT2D eigenvalue weighted by atomic mass is 16.5. The predicted octanol–water partition coefficient (Wildman–Crippen LogP) is 8.76. The van der Waals surface area contributed by atoms with Crippen LogP contribution in [0.15, 0.2) is 54.7 Å². The Morgan fingerprint density at radius 1 is 0.778 bits per heavy atom.